The van der Waals surface area contributed by atoms with Gasteiger partial charge in [-0.2, -0.15) is 0 Å². The number of nitrogens with one attached hydrogen (secondary N) is 1. The van der Waals surface area contributed by atoms with E-state index >= 15 is 0 Å². The van der Waals surface area contributed by atoms with Crippen molar-refractivity contribution >= 4 is 13.7 Å². The SMILES string of the molecule is CCCC/C=C/CC/C=C/CC/C=C/C(O)C(COP(=O)(O)OCC[N+](C)(C)C)NC(=O)CCCCCCCCCCCCCCCCCCC/C=C\C/C=C\CCCCCCC. The summed E-state index contributed by atoms with van der Waals surface area (Å²) in [6.07, 6.45) is 60.4. The van der Waals surface area contributed by atoms with Gasteiger partial charge < -0.3 is 19.8 Å². The lowest BCUT2D eigenvalue weighted by molar-refractivity contribution is -0.870. The summed E-state index contributed by atoms with van der Waals surface area (Å²) in [6, 6.07) is -0.869. The average Bonchev–Trinajstić information content (AvgIpc) is 3.24. The van der Waals surface area contributed by atoms with E-state index in [1.165, 1.54) is 148 Å². The summed E-state index contributed by atoms with van der Waals surface area (Å²) in [5.74, 6) is -0.192. The maximum Gasteiger partial charge on any atom is 0.472 e. The summed E-state index contributed by atoms with van der Waals surface area (Å²) in [5, 5.41) is 13.8. The number of allylic oxidation sites excluding steroid dienone is 9. The van der Waals surface area contributed by atoms with Crippen molar-refractivity contribution in [3.63, 3.8) is 0 Å². The molecule has 0 fully saturated rings. The Morgan fingerprint density at radius 1 is 0.540 bits per heavy atom. The van der Waals surface area contributed by atoms with Crippen LogP contribution in [0, 0.1) is 0 Å². The van der Waals surface area contributed by atoms with Gasteiger partial charge in [-0.3, -0.25) is 13.8 Å². The molecule has 0 saturated heterocycles. The van der Waals surface area contributed by atoms with E-state index in [9.17, 15) is 19.4 Å². The Hall–Kier alpha value is -1.80. The number of carbonyl (C=O) groups excluding carboxylic acids is 1. The highest BCUT2D eigenvalue weighted by atomic mass is 31.2. The molecule has 368 valence electrons. The first-order valence-electron chi connectivity index (χ1n) is 26.2. The first-order chi connectivity index (χ1) is 30.5. The second-order valence-corrected chi connectivity index (χ2v) is 20.3. The minimum absolute atomic E-state index is 0.0524. The van der Waals surface area contributed by atoms with E-state index in [2.05, 4.69) is 67.8 Å². The molecule has 0 rings (SSSR count). The highest BCUT2D eigenvalue weighted by Crippen LogP contribution is 2.43. The second-order valence-electron chi connectivity index (χ2n) is 18.9. The third-order valence-corrected chi connectivity index (χ3v) is 12.4. The van der Waals surface area contributed by atoms with Gasteiger partial charge in [-0.15, -0.1) is 0 Å². The molecule has 0 aliphatic rings. The van der Waals surface area contributed by atoms with Crippen LogP contribution in [0.2, 0.25) is 0 Å². The Balaban J connectivity index is 4.12. The molecule has 0 radical (unpaired) electrons. The Kier molecular flexibility index (Phi) is 44.1. The minimum Gasteiger partial charge on any atom is -0.387 e. The molecule has 63 heavy (non-hydrogen) atoms. The number of phosphoric ester groups is 1. The van der Waals surface area contributed by atoms with Crippen LogP contribution in [0.4, 0.5) is 0 Å². The second kappa shape index (κ2) is 45.4. The summed E-state index contributed by atoms with van der Waals surface area (Å²) in [6.45, 7) is 4.73. The van der Waals surface area contributed by atoms with E-state index in [0.717, 1.165) is 57.8 Å². The summed E-state index contributed by atoms with van der Waals surface area (Å²) in [4.78, 5) is 23.2. The van der Waals surface area contributed by atoms with Crippen LogP contribution in [0.1, 0.15) is 226 Å². The fourth-order valence-electron chi connectivity index (χ4n) is 7.27. The number of hydrogen-bond acceptors (Lipinski definition) is 5. The quantitative estimate of drug-likeness (QED) is 0.0243. The molecule has 0 saturated carbocycles. The van der Waals surface area contributed by atoms with Gasteiger partial charge in [0, 0.05) is 6.42 Å². The third kappa shape index (κ3) is 48.0. The molecule has 3 N–H and O–H groups in total. The number of carbonyl (C=O) groups is 1. The van der Waals surface area contributed by atoms with Gasteiger partial charge in [-0.25, -0.2) is 4.57 Å². The monoisotopic (exact) mass is 906 g/mol. The number of unbranched alkanes of at least 4 members (excludes halogenated alkanes) is 26. The van der Waals surface area contributed by atoms with E-state index in [-0.39, 0.29) is 19.1 Å². The maximum absolute atomic E-state index is 12.9. The Bertz CT molecular complexity index is 1210. The lowest BCUT2D eigenvalue weighted by Crippen LogP contribution is -2.45. The molecule has 0 bridgehead atoms. The van der Waals surface area contributed by atoms with E-state index < -0.39 is 20.0 Å². The molecule has 8 nitrogen and oxygen atoms in total. The van der Waals surface area contributed by atoms with E-state index in [0.29, 0.717) is 17.4 Å². The van der Waals surface area contributed by atoms with Crippen LogP contribution in [0.3, 0.4) is 0 Å². The fourth-order valence-corrected chi connectivity index (χ4v) is 8.00. The minimum atomic E-state index is -4.35. The average molecular weight is 906 g/mol. The van der Waals surface area contributed by atoms with Crippen molar-refractivity contribution in [3.8, 4) is 0 Å². The van der Waals surface area contributed by atoms with Gasteiger partial charge in [-0.1, -0.05) is 209 Å². The molecule has 0 heterocycles. The van der Waals surface area contributed by atoms with Crippen molar-refractivity contribution in [1.29, 1.82) is 0 Å². The summed E-state index contributed by atoms with van der Waals surface area (Å²) in [5.41, 5.74) is 0. The number of aliphatic hydroxyl groups excluding tert-OH is 1. The number of hydrogen-bond donors (Lipinski definition) is 3. The van der Waals surface area contributed by atoms with Gasteiger partial charge in [-0.05, 0) is 70.6 Å². The molecule has 0 aliphatic carbocycles. The Morgan fingerprint density at radius 3 is 1.41 bits per heavy atom. The van der Waals surface area contributed by atoms with Crippen molar-refractivity contribution < 1.29 is 32.9 Å². The highest BCUT2D eigenvalue weighted by molar-refractivity contribution is 7.47. The normalized spacial score (nSPS) is 14.6. The van der Waals surface area contributed by atoms with Crippen molar-refractivity contribution in [3.05, 3.63) is 60.8 Å². The number of phosphoric acid groups is 1. The smallest absolute Gasteiger partial charge is 0.387 e. The molecule has 0 aromatic carbocycles. The van der Waals surface area contributed by atoms with Crippen LogP contribution >= 0.6 is 7.82 Å². The number of aliphatic hydroxyl groups is 1. The number of quaternary nitrogens is 1. The van der Waals surface area contributed by atoms with Crippen LogP contribution in [0.15, 0.2) is 60.8 Å². The zero-order valence-electron chi connectivity index (χ0n) is 41.8. The van der Waals surface area contributed by atoms with Crippen LogP contribution in [-0.4, -0.2) is 73.4 Å². The summed E-state index contributed by atoms with van der Waals surface area (Å²) < 4.78 is 23.6. The number of amides is 1. The standard InChI is InChI=1S/C54H101N2O6P/c1-6-8-10-12-14-16-18-20-21-22-23-24-25-26-27-28-29-30-31-32-33-34-35-36-38-40-42-44-46-48-54(58)55-52(51-62-63(59,60)61-50-49-56(3,4)5)53(57)47-45-43-41-39-37-19-17-15-13-11-9-7-2/h13,15,18,20,22-23,37,39,45,47,52-53,57H,6-12,14,16-17,19,21,24-36,38,40-44,46,48-51H2,1-5H3,(H-,55,58,59,60)/p+1/b15-13+,20-18-,23-22-,39-37+,47-45+. The zero-order chi connectivity index (χ0) is 46.4. The van der Waals surface area contributed by atoms with E-state index in [1.807, 2.05) is 27.2 Å². The van der Waals surface area contributed by atoms with E-state index in [1.54, 1.807) is 6.08 Å². The number of rotatable bonds is 47. The molecule has 0 aromatic rings. The van der Waals surface area contributed by atoms with Gasteiger partial charge in [0.15, 0.2) is 0 Å². The van der Waals surface area contributed by atoms with Gasteiger partial charge in [0.25, 0.3) is 0 Å². The van der Waals surface area contributed by atoms with Crippen LogP contribution < -0.4 is 5.32 Å². The van der Waals surface area contributed by atoms with Crippen molar-refractivity contribution in [2.45, 2.75) is 238 Å². The molecular weight excluding hydrogens is 804 g/mol. The number of nitrogens with zero attached hydrogens (tertiary/aromatic N) is 1. The Morgan fingerprint density at radius 2 is 0.937 bits per heavy atom. The van der Waals surface area contributed by atoms with Gasteiger partial charge in [0.05, 0.1) is 39.9 Å². The molecule has 0 aliphatic heterocycles. The van der Waals surface area contributed by atoms with Crippen molar-refractivity contribution in [2.24, 2.45) is 0 Å². The van der Waals surface area contributed by atoms with Crippen LogP contribution in [0.5, 0.6) is 0 Å². The van der Waals surface area contributed by atoms with Crippen LogP contribution in [-0.2, 0) is 18.4 Å². The lowest BCUT2D eigenvalue weighted by atomic mass is 10.0. The molecule has 0 aromatic heterocycles. The first kappa shape index (κ1) is 61.2. The largest absolute Gasteiger partial charge is 0.472 e. The molecule has 1 amide bonds. The van der Waals surface area contributed by atoms with E-state index in [4.69, 9.17) is 9.05 Å². The predicted octanol–water partition coefficient (Wildman–Crippen LogP) is 15.4. The summed E-state index contributed by atoms with van der Waals surface area (Å²) in [7, 11) is 1.54. The molecular formula is C54H102N2O6P+. The van der Waals surface area contributed by atoms with Crippen molar-refractivity contribution in [2.75, 3.05) is 40.9 Å². The maximum atomic E-state index is 12.9. The first-order valence-corrected chi connectivity index (χ1v) is 27.7. The Labute approximate surface area is 390 Å². The lowest BCUT2D eigenvalue weighted by Gasteiger charge is -2.25. The zero-order valence-corrected chi connectivity index (χ0v) is 42.7. The fraction of sp³-hybridized carbons (Fsp3) is 0.796. The molecule has 3 atom stereocenters. The third-order valence-electron chi connectivity index (χ3n) is 11.4. The van der Waals surface area contributed by atoms with Crippen LogP contribution in [0.25, 0.3) is 0 Å². The molecule has 0 spiro atoms. The topological polar surface area (TPSA) is 105 Å². The van der Waals surface area contributed by atoms with Gasteiger partial charge in [0.1, 0.15) is 13.2 Å². The predicted molar refractivity (Wildman–Crippen MR) is 272 cm³/mol. The van der Waals surface area contributed by atoms with Crippen molar-refractivity contribution in [1.82, 2.24) is 5.32 Å². The van der Waals surface area contributed by atoms with Gasteiger partial charge >= 0.3 is 7.82 Å². The highest BCUT2D eigenvalue weighted by Gasteiger charge is 2.27. The van der Waals surface area contributed by atoms with Gasteiger partial charge in [0.2, 0.25) is 5.91 Å². The number of likely N-dealkylation sites (N-methyl/N-ethyl adjacent to an activating group) is 1. The summed E-state index contributed by atoms with van der Waals surface area (Å²) >= 11 is 0. The molecule has 3 unspecified atom stereocenters. The molecule has 9 heteroatoms.